The molecule has 6 nitrogen and oxygen atoms in total. The fraction of sp³-hybridized carbons (Fsp3) is 0.467. The number of nitrogens with one attached hydrogen (secondary N) is 1. The van der Waals surface area contributed by atoms with Gasteiger partial charge in [-0.25, -0.2) is 4.79 Å². The van der Waals surface area contributed by atoms with E-state index >= 15 is 0 Å². The Bertz CT molecular complexity index is 609. The van der Waals surface area contributed by atoms with E-state index in [9.17, 15) is 9.59 Å². The Kier molecular flexibility index (Phi) is 3.97. The highest BCUT2D eigenvalue weighted by atomic mass is 35.5. The van der Waals surface area contributed by atoms with E-state index in [1.165, 1.54) is 7.11 Å². The lowest BCUT2D eigenvalue weighted by molar-refractivity contribution is -0.136. The van der Waals surface area contributed by atoms with E-state index in [1.54, 1.807) is 29.0 Å². The van der Waals surface area contributed by atoms with Gasteiger partial charge in [-0.1, -0.05) is 23.7 Å². The lowest BCUT2D eigenvalue weighted by atomic mass is 10.0. The highest BCUT2D eigenvalue weighted by Crippen LogP contribution is 2.33. The van der Waals surface area contributed by atoms with E-state index in [1.807, 2.05) is 12.1 Å². The quantitative estimate of drug-likeness (QED) is 0.900. The molecular weight excluding hydrogens is 306 g/mol. The van der Waals surface area contributed by atoms with Crippen LogP contribution < -0.4 is 5.32 Å². The zero-order valence-corrected chi connectivity index (χ0v) is 13.2. The molecule has 0 saturated carbocycles. The van der Waals surface area contributed by atoms with Crippen LogP contribution in [0.5, 0.6) is 0 Å². The second kappa shape index (κ2) is 5.78. The summed E-state index contributed by atoms with van der Waals surface area (Å²) in [4.78, 5) is 27.8. The summed E-state index contributed by atoms with van der Waals surface area (Å²) in [5, 5.41) is 3.31. The summed E-state index contributed by atoms with van der Waals surface area (Å²) >= 11 is 6.05. The molecule has 22 heavy (non-hydrogen) atoms. The number of halogens is 1. The molecule has 0 aromatic heterocycles. The Balaban J connectivity index is 1.70. The Morgan fingerprint density at radius 1 is 1.36 bits per heavy atom. The normalized spacial score (nSPS) is 27.2. The first-order valence-corrected chi connectivity index (χ1v) is 7.50. The van der Waals surface area contributed by atoms with Crippen molar-refractivity contribution in [2.75, 3.05) is 32.6 Å². The average molecular weight is 324 g/mol. The summed E-state index contributed by atoms with van der Waals surface area (Å²) in [7, 11) is 3.29. The molecule has 1 N–H and O–H groups in total. The van der Waals surface area contributed by atoms with Crippen LogP contribution in [0.4, 0.5) is 10.5 Å². The minimum absolute atomic E-state index is 0.00875. The lowest BCUT2D eigenvalue weighted by Crippen LogP contribution is -2.40. The van der Waals surface area contributed by atoms with Gasteiger partial charge in [-0.2, -0.15) is 0 Å². The number of benzene rings is 1. The number of likely N-dealkylation sites (N-methyl/N-ethyl adjacent to an activating group) is 1. The van der Waals surface area contributed by atoms with Crippen molar-refractivity contribution in [2.45, 2.75) is 12.1 Å². The van der Waals surface area contributed by atoms with Gasteiger partial charge < -0.3 is 19.9 Å². The average Bonchev–Trinajstić information content (AvgIpc) is 3.02. The van der Waals surface area contributed by atoms with Crippen LogP contribution in [0.25, 0.3) is 0 Å². The molecule has 3 atom stereocenters. The van der Waals surface area contributed by atoms with Gasteiger partial charge >= 0.3 is 6.03 Å². The number of methoxy groups -OCH3 is 1. The number of urea groups is 1. The van der Waals surface area contributed by atoms with Crippen molar-refractivity contribution in [1.29, 1.82) is 0 Å². The molecule has 2 aliphatic heterocycles. The number of ether oxygens (including phenoxy) is 1. The minimum Gasteiger partial charge on any atom is -0.371 e. The fourth-order valence-electron chi connectivity index (χ4n) is 3.26. The Morgan fingerprint density at radius 3 is 2.77 bits per heavy atom. The maximum absolute atomic E-state index is 12.4. The molecule has 0 bridgehead atoms. The fourth-order valence-corrected chi connectivity index (χ4v) is 3.45. The first kappa shape index (κ1) is 15.1. The van der Waals surface area contributed by atoms with Gasteiger partial charge in [-0.05, 0) is 12.1 Å². The number of carbonyl (C=O) groups excluding carboxylic acids is 2. The van der Waals surface area contributed by atoms with Gasteiger partial charge in [0, 0.05) is 33.2 Å². The summed E-state index contributed by atoms with van der Waals surface area (Å²) in [5.41, 5.74) is 0.582. The smallest absolute Gasteiger partial charge is 0.321 e. The van der Waals surface area contributed by atoms with Crippen LogP contribution in [-0.4, -0.2) is 61.1 Å². The molecule has 2 fully saturated rings. The summed E-state index contributed by atoms with van der Waals surface area (Å²) in [6.45, 7) is 0.999. The zero-order valence-electron chi connectivity index (χ0n) is 12.5. The van der Waals surface area contributed by atoms with Gasteiger partial charge in [0.2, 0.25) is 0 Å². The third-order valence-corrected chi connectivity index (χ3v) is 4.80. The number of hydrogen-bond donors (Lipinski definition) is 1. The molecule has 1 aromatic carbocycles. The molecular formula is C15H18ClN3O3. The molecule has 0 spiro atoms. The Labute approximate surface area is 134 Å². The van der Waals surface area contributed by atoms with Gasteiger partial charge in [0.25, 0.3) is 5.91 Å². The Hall–Kier alpha value is -1.79. The largest absolute Gasteiger partial charge is 0.371 e. The van der Waals surface area contributed by atoms with Crippen LogP contribution >= 0.6 is 11.6 Å². The molecule has 118 valence electrons. The molecule has 3 amide bonds. The lowest BCUT2D eigenvalue weighted by Gasteiger charge is -2.22. The highest BCUT2D eigenvalue weighted by molar-refractivity contribution is 6.33. The molecule has 0 aliphatic carbocycles. The second-order valence-electron chi connectivity index (χ2n) is 5.65. The number of amides is 3. The summed E-state index contributed by atoms with van der Waals surface area (Å²) in [6, 6.07) is 6.90. The summed E-state index contributed by atoms with van der Waals surface area (Å²) < 4.78 is 5.30. The van der Waals surface area contributed by atoms with Gasteiger partial charge in [-0.3, -0.25) is 4.79 Å². The van der Waals surface area contributed by atoms with E-state index in [0.717, 1.165) is 0 Å². The van der Waals surface area contributed by atoms with Crippen LogP contribution in [0.1, 0.15) is 0 Å². The summed E-state index contributed by atoms with van der Waals surface area (Å²) in [5.74, 6) is 0.00292. The number of nitrogens with zero attached hydrogens (tertiary/aromatic N) is 2. The third-order valence-electron chi connectivity index (χ3n) is 4.47. The molecule has 2 heterocycles. The van der Waals surface area contributed by atoms with Gasteiger partial charge in [-0.15, -0.1) is 0 Å². The number of para-hydroxylation sites is 1. The van der Waals surface area contributed by atoms with Crippen LogP contribution in [-0.2, 0) is 9.53 Å². The van der Waals surface area contributed by atoms with E-state index in [-0.39, 0.29) is 23.9 Å². The van der Waals surface area contributed by atoms with Crippen molar-refractivity contribution in [2.24, 2.45) is 5.92 Å². The van der Waals surface area contributed by atoms with Crippen molar-refractivity contribution in [3.63, 3.8) is 0 Å². The first-order valence-electron chi connectivity index (χ1n) is 7.13. The molecule has 1 aromatic rings. The number of rotatable bonds is 2. The summed E-state index contributed by atoms with van der Waals surface area (Å²) in [6.07, 6.45) is -0.465. The predicted octanol–water partition coefficient (Wildman–Crippen LogP) is 1.66. The topological polar surface area (TPSA) is 61.9 Å². The highest BCUT2D eigenvalue weighted by Gasteiger charge is 2.52. The van der Waals surface area contributed by atoms with Gasteiger partial charge in [0.15, 0.2) is 0 Å². The molecule has 2 aliphatic rings. The van der Waals surface area contributed by atoms with Crippen LogP contribution in [0, 0.1) is 5.92 Å². The van der Waals surface area contributed by atoms with Gasteiger partial charge in [0.1, 0.15) is 6.10 Å². The van der Waals surface area contributed by atoms with E-state index in [0.29, 0.717) is 23.8 Å². The third kappa shape index (κ3) is 2.42. The van der Waals surface area contributed by atoms with E-state index in [4.69, 9.17) is 16.3 Å². The van der Waals surface area contributed by atoms with Crippen LogP contribution in [0.15, 0.2) is 24.3 Å². The number of carbonyl (C=O) groups is 2. The van der Waals surface area contributed by atoms with E-state index in [2.05, 4.69) is 5.32 Å². The van der Waals surface area contributed by atoms with Crippen LogP contribution in [0.3, 0.4) is 0 Å². The zero-order chi connectivity index (χ0) is 15.9. The van der Waals surface area contributed by atoms with E-state index < -0.39 is 6.10 Å². The monoisotopic (exact) mass is 323 g/mol. The van der Waals surface area contributed by atoms with Crippen molar-refractivity contribution in [1.82, 2.24) is 9.80 Å². The first-order chi connectivity index (χ1) is 10.5. The number of hydrogen-bond acceptors (Lipinski definition) is 3. The number of likely N-dealkylation sites (tertiary alicyclic amines) is 2. The van der Waals surface area contributed by atoms with Crippen molar-refractivity contribution in [3.05, 3.63) is 29.3 Å². The SMILES string of the molecule is CO[C@@H]1C(=O)N(C)[C@@H]2CN(C(=O)Nc3ccccc3Cl)C[C@H]12. The molecule has 3 rings (SSSR count). The molecule has 7 heteroatoms. The standard InChI is InChI=1S/C15H18ClN3O3/c1-18-12-8-19(7-9(12)13(22-2)14(18)20)15(21)17-11-6-4-3-5-10(11)16/h3-6,9,12-13H,7-8H2,1-2H3,(H,17,21)/t9-,12+,13-/m0/s1. The van der Waals surface area contributed by atoms with Crippen LogP contribution in [0.2, 0.25) is 5.02 Å². The van der Waals surface area contributed by atoms with Crippen molar-refractivity contribution < 1.29 is 14.3 Å². The predicted molar refractivity (Wildman–Crippen MR) is 82.9 cm³/mol. The van der Waals surface area contributed by atoms with Gasteiger partial charge in [0.05, 0.1) is 16.8 Å². The maximum atomic E-state index is 12.4. The second-order valence-corrected chi connectivity index (χ2v) is 6.06. The Morgan fingerprint density at radius 2 is 2.09 bits per heavy atom. The molecule has 2 saturated heterocycles. The number of fused-ring (bicyclic) bond motifs is 1. The maximum Gasteiger partial charge on any atom is 0.321 e. The van der Waals surface area contributed by atoms with Crippen molar-refractivity contribution >= 4 is 29.2 Å². The molecule has 0 unspecified atom stereocenters. The number of anilines is 1. The minimum atomic E-state index is -0.465. The van der Waals surface area contributed by atoms with Crippen molar-refractivity contribution in [3.8, 4) is 0 Å². The molecule has 0 radical (unpaired) electrons.